The number of likely N-dealkylation sites (tertiary alicyclic amines) is 1. The molecule has 5 heteroatoms. The molecule has 2 aromatic rings. The molecular formula is C18H24N4O. The van der Waals surface area contributed by atoms with Crippen LogP contribution in [0.5, 0.6) is 0 Å². The molecule has 23 heavy (non-hydrogen) atoms. The fraction of sp³-hybridized carbons (Fsp3) is 0.611. The van der Waals surface area contributed by atoms with E-state index in [1.807, 2.05) is 29.6 Å². The number of hydrogen-bond donors (Lipinski definition) is 0. The van der Waals surface area contributed by atoms with Gasteiger partial charge in [0, 0.05) is 31.2 Å². The highest BCUT2D eigenvalue weighted by atomic mass is 16.2. The van der Waals surface area contributed by atoms with Crippen LogP contribution < -0.4 is 0 Å². The fourth-order valence-corrected chi connectivity index (χ4v) is 3.78. The molecule has 2 aliphatic rings. The van der Waals surface area contributed by atoms with Crippen LogP contribution in [0.15, 0.2) is 6.07 Å². The first-order valence-electron chi connectivity index (χ1n) is 8.71. The molecule has 1 saturated carbocycles. The van der Waals surface area contributed by atoms with Gasteiger partial charge in [-0.1, -0.05) is 0 Å². The standard InChI is InChI=1S/C18H24N4O/c1-11-6-4-5-9-22(11)18(23)14-10-15(13-7-8-13)19-17-16(14)12(2)20-21(17)3/h10-11,13H,4-9H2,1-3H3. The van der Waals surface area contributed by atoms with E-state index in [9.17, 15) is 4.79 Å². The van der Waals surface area contributed by atoms with E-state index in [1.54, 1.807) is 0 Å². The van der Waals surface area contributed by atoms with Crippen molar-refractivity contribution in [1.29, 1.82) is 0 Å². The van der Waals surface area contributed by atoms with Crippen LogP contribution in [-0.2, 0) is 7.05 Å². The Labute approximate surface area is 136 Å². The first-order chi connectivity index (χ1) is 11.1. The maximum absolute atomic E-state index is 13.2. The van der Waals surface area contributed by atoms with E-state index in [0.29, 0.717) is 12.0 Å². The van der Waals surface area contributed by atoms with Crippen molar-refractivity contribution < 1.29 is 4.79 Å². The maximum atomic E-state index is 13.2. The lowest BCUT2D eigenvalue weighted by atomic mass is 10.0. The summed E-state index contributed by atoms with van der Waals surface area (Å²) in [6.07, 6.45) is 5.79. The number of amides is 1. The number of carbonyl (C=O) groups is 1. The minimum atomic E-state index is 0.155. The lowest BCUT2D eigenvalue weighted by Crippen LogP contribution is -2.42. The minimum absolute atomic E-state index is 0.155. The Morgan fingerprint density at radius 2 is 2.04 bits per heavy atom. The predicted molar refractivity (Wildman–Crippen MR) is 89.6 cm³/mol. The van der Waals surface area contributed by atoms with E-state index < -0.39 is 0 Å². The van der Waals surface area contributed by atoms with Crippen LogP contribution in [0, 0.1) is 6.92 Å². The van der Waals surface area contributed by atoms with Gasteiger partial charge in [0.25, 0.3) is 5.91 Å². The average Bonchev–Trinajstić information content (AvgIpc) is 3.34. The van der Waals surface area contributed by atoms with Gasteiger partial charge in [0.2, 0.25) is 0 Å². The van der Waals surface area contributed by atoms with E-state index in [1.165, 1.54) is 19.3 Å². The van der Waals surface area contributed by atoms with Gasteiger partial charge >= 0.3 is 0 Å². The molecule has 1 aliphatic heterocycles. The zero-order chi connectivity index (χ0) is 16.1. The number of carbonyl (C=O) groups excluding carboxylic acids is 1. The number of rotatable bonds is 2. The zero-order valence-corrected chi connectivity index (χ0v) is 14.2. The molecule has 1 aliphatic carbocycles. The first-order valence-corrected chi connectivity index (χ1v) is 8.71. The number of fused-ring (bicyclic) bond motifs is 1. The molecule has 0 bridgehead atoms. The molecular weight excluding hydrogens is 288 g/mol. The predicted octanol–water partition coefficient (Wildman–Crippen LogP) is 3.17. The van der Waals surface area contributed by atoms with Gasteiger partial charge in [0.1, 0.15) is 0 Å². The van der Waals surface area contributed by atoms with Crippen LogP contribution in [0.2, 0.25) is 0 Å². The third-order valence-corrected chi connectivity index (χ3v) is 5.28. The summed E-state index contributed by atoms with van der Waals surface area (Å²) < 4.78 is 1.81. The summed E-state index contributed by atoms with van der Waals surface area (Å²) in [6.45, 7) is 4.99. The SMILES string of the molecule is Cc1nn(C)c2nc(C3CC3)cc(C(=O)N3CCCCC3C)c12. The Hall–Kier alpha value is -1.91. The van der Waals surface area contributed by atoms with E-state index in [2.05, 4.69) is 12.0 Å². The van der Waals surface area contributed by atoms with Gasteiger partial charge in [0.05, 0.1) is 16.6 Å². The Balaban J connectivity index is 1.85. The van der Waals surface area contributed by atoms with Crippen LogP contribution >= 0.6 is 0 Å². The molecule has 1 atom stereocenters. The van der Waals surface area contributed by atoms with Gasteiger partial charge in [-0.3, -0.25) is 9.48 Å². The second-order valence-corrected chi connectivity index (χ2v) is 7.12. The van der Waals surface area contributed by atoms with Crippen molar-refractivity contribution in [2.45, 2.75) is 57.9 Å². The molecule has 4 rings (SSSR count). The highest BCUT2D eigenvalue weighted by Crippen LogP contribution is 2.40. The maximum Gasteiger partial charge on any atom is 0.254 e. The second kappa shape index (κ2) is 5.32. The van der Waals surface area contributed by atoms with Crippen molar-refractivity contribution in [2.24, 2.45) is 7.05 Å². The Bertz CT molecular complexity index is 775. The Morgan fingerprint density at radius 3 is 2.74 bits per heavy atom. The number of aryl methyl sites for hydroxylation is 2. The summed E-state index contributed by atoms with van der Waals surface area (Å²) in [4.78, 5) is 20.1. The van der Waals surface area contributed by atoms with E-state index in [-0.39, 0.29) is 5.91 Å². The summed E-state index contributed by atoms with van der Waals surface area (Å²) in [7, 11) is 1.91. The van der Waals surface area contributed by atoms with Gasteiger partial charge in [-0.2, -0.15) is 5.10 Å². The summed E-state index contributed by atoms with van der Waals surface area (Å²) in [5.41, 5.74) is 3.61. The van der Waals surface area contributed by atoms with Crippen molar-refractivity contribution in [3.8, 4) is 0 Å². The van der Waals surface area contributed by atoms with E-state index in [4.69, 9.17) is 4.98 Å². The summed E-state index contributed by atoms with van der Waals surface area (Å²) in [5.74, 6) is 0.683. The van der Waals surface area contributed by atoms with Crippen LogP contribution in [-0.4, -0.2) is 38.2 Å². The largest absolute Gasteiger partial charge is 0.336 e. The number of nitrogens with zero attached hydrogens (tertiary/aromatic N) is 4. The quantitative estimate of drug-likeness (QED) is 0.856. The molecule has 0 N–H and O–H groups in total. The number of aromatic nitrogens is 3. The smallest absolute Gasteiger partial charge is 0.254 e. The second-order valence-electron chi connectivity index (χ2n) is 7.12. The van der Waals surface area contributed by atoms with Crippen molar-refractivity contribution in [3.63, 3.8) is 0 Å². The molecule has 3 heterocycles. The molecule has 0 aromatic carbocycles. The van der Waals surface area contributed by atoms with Gasteiger partial charge in [-0.05, 0) is 52.0 Å². The third-order valence-electron chi connectivity index (χ3n) is 5.28. The molecule has 5 nitrogen and oxygen atoms in total. The normalized spacial score (nSPS) is 21.9. The number of hydrogen-bond acceptors (Lipinski definition) is 3. The summed E-state index contributed by atoms with van der Waals surface area (Å²) in [6, 6.07) is 2.36. The topological polar surface area (TPSA) is 51.0 Å². The molecule has 1 unspecified atom stereocenters. The number of pyridine rings is 1. The van der Waals surface area contributed by atoms with Crippen molar-refractivity contribution in [3.05, 3.63) is 23.0 Å². The highest BCUT2D eigenvalue weighted by Gasteiger charge is 2.31. The zero-order valence-electron chi connectivity index (χ0n) is 14.2. The summed E-state index contributed by atoms with van der Waals surface area (Å²) in [5, 5.41) is 5.43. The van der Waals surface area contributed by atoms with Crippen molar-refractivity contribution in [2.75, 3.05) is 6.54 Å². The first kappa shape index (κ1) is 14.7. The number of piperidine rings is 1. The van der Waals surface area contributed by atoms with Gasteiger partial charge in [-0.25, -0.2) is 4.98 Å². The summed E-state index contributed by atoms with van der Waals surface area (Å²) >= 11 is 0. The lowest BCUT2D eigenvalue weighted by molar-refractivity contribution is 0.0637. The van der Waals surface area contributed by atoms with Gasteiger partial charge in [0.15, 0.2) is 5.65 Å². The third kappa shape index (κ3) is 2.42. The molecule has 0 radical (unpaired) electrons. The fourth-order valence-electron chi connectivity index (χ4n) is 3.78. The van der Waals surface area contributed by atoms with Crippen LogP contribution in [0.3, 0.4) is 0 Å². The molecule has 1 amide bonds. The molecule has 122 valence electrons. The van der Waals surface area contributed by atoms with E-state index >= 15 is 0 Å². The average molecular weight is 312 g/mol. The Morgan fingerprint density at radius 1 is 1.26 bits per heavy atom. The lowest BCUT2D eigenvalue weighted by Gasteiger charge is -2.33. The molecule has 1 saturated heterocycles. The van der Waals surface area contributed by atoms with Crippen LogP contribution in [0.4, 0.5) is 0 Å². The van der Waals surface area contributed by atoms with Gasteiger partial charge < -0.3 is 4.90 Å². The Kier molecular flexibility index (Phi) is 3.39. The van der Waals surface area contributed by atoms with Crippen LogP contribution in [0.25, 0.3) is 11.0 Å². The van der Waals surface area contributed by atoms with E-state index in [0.717, 1.165) is 47.4 Å². The van der Waals surface area contributed by atoms with Crippen molar-refractivity contribution >= 4 is 16.9 Å². The molecule has 2 aromatic heterocycles. The highest BCUT2D eigenvalue weighted by molar-refractivity contribution is 6.06. The molecule has 2 fully saturated rings. The molecule has 0 spiro atoms. The van der Waals surface area contributed by atoms with Crippen molar-refractivity contribution in [1.82, 2.24) is 19.7 Å². The van der Waals surface area contributed by atoms with Crippen LogP contribution in [0.1, 0.15) is 66.7 Å². The minimum Gasteiger partial charge on any atom is -0.336 e. The monoisotopic (exact) mass is 312 g/mol. The van der Waals surface area contributed by atoms with Gasteiger partial charge in [-0.15, -0.1) is 0 Å².